The molecule has 1 fully saturated rings. The SMILES string of the molecule is CCOC(=O)[C@]1(C(C)C)C[C@@H]1C(=O)N(C)Cc1csc(CC)n1. The van der Waals surface area contributed by atoms with Gasteiger partial charge in [0.1, 0.15) is 0 Å². The average Bonchev–Trinajstić information content (AvgIpc) is 3.13. The highest BCUT2D eigenvalue weighted by Gasteiger charge is 2.66. The van der Waals surface area contributed by atoms with Gasteiger partial charge < -0.3 is 9.64 Å². The van der Waals surface area contributed by atoms with Crippen molar-refractivity contribution in [2.75, 3.05) is 13.7 Å². The second-order valence-corrected chi connectivity index (χ2v) is 7.40. The maximum absolute atomic E-state index is 12.7. The lowest BCUT2D eigenvalue weighted by atomic mass is 9.89. The quantitative estimate of drug-likeness (QED) is 0.717. The maximum atomic E-state index is 12.7. The summed E-state index contributed by atoms with van der Waals surface area (Å²) >= 11 is 1.62. The summed E-state index contributed by atoms with van der Waals surface area (Å²) in [4.78, 5) is 31.2. The summed E-state index contributed by atoms with van der Waals surface area (Å²) in [6.07, 6.45) is 1.49. The first-order chi connectivity index (χ1) is 10.9. The molecule has 1 saturated carbocycles. The largest absolute Gasteiger partial charge is 0.466 e. The molecule has 1 amide bonds. The monoisotopic (exact) mass is 338 g/mol. The number of carbonyl (C=O) groups excluding carboxylic acids is 2. The van der Waals surface area contributed by atoms with E-state index in [4.69, 9.17) is 4.74 Å². The number of nitrogens with zero attached hydrogens (tertiary/aromatic N) is 2. The van der Waals surface area contributed by atoms with E-state index in [0.29, 0.717) is 19.6 Å². The third-order valence-electron chi connectivity index (χ3n) is 4.66. The molecule has 0 aliphatic heterocycles. The molecule has 0 radical (unpaired) electrons. The summed E-state index contributed by atoms with van der Waals surface area (Å²) in [5.74, 6) is -0.396. The van der Waals surface area contributed by atoms with E-state index in [1.807, 2.05) is 19.2 Å². The Morgan fingerprint density at radius 2 is 2.17 bits per heavy atom. The van der Waals surface area contributed by atoms with E-state index in [1.165, 1.54) is 0 Å². The highest BCUT2D eigenvalue weighted by molar-refractivity contribution is 7.09. The fourth-order valence-corrected chi connectivity index (χ4v) is 3.86. The second-order valence-electron chi connectivity index (χ2n) is 6.45. The maximum Gasteiger partial charge on any atom is 0.313 e. The van der Waals surface area contributed by atoms with Crippen molar-refractivity contribution in [1.29, 1.82) is 0 Å². The van der Waals surface area contributed by atoms with Gasteiger partial charge in [-0.25, -0.2) is 4.98 Å². The highest BCUT2D eigenvalue weighted by atomic mass is 32.1. The molecule has 1 aromatic rings. The molecule has 0 spiro atoms. The van der Waals surface area contributed by atoms with Crippen LogP contribution in [-0.4, -0.2) is 35.4 Å². The molecular formula is C17H26N2O3S. The minimum absolute atomic E-state index is 0.0119. The van der Waals surface area contributed by atoms with Crippen molar-refractivity contribution in [2.45, 2.75) is 47.1 Å². The molecule has 1 aliphatic carbocycles. The van der Waals surface area contributed by atoms with Gasteiger partial charge in [0.05, 0.1) is 35.2 Å². The van der Waals surface area contributed by atoms with Gasteiger partial charge in [-0.1, -0.05) is 20.8 Å². The van der Waals surface area contributed by atoms with Crippen LogP contribution in [0, 0.1) is 17.3 Å². The van der Waals surface area contributed by atoms with Gasteiger partial charge >= 0.3 is 5.97 Å². The number of ether oxygens (including phenoxy) is 1. The Labute approximate surface area is 142 Å². The molecule has 23 heavy (non-hydrogen) atoms. The van der Waals surface area contributed by atoms with Gasteiger partial charge in [-0.15, -0.1) is 11.3 Å². The summed E-state index contributed by atoms with van der Waals surface area (Å²) in [6.45, 7) is 8.67. The van der Waals surface area contributed by atoms with Crippen molar-refractivity contribution in [2.24, 2.45) is 17.3 Å². The van der Waals surface area contributed by atoms with Gasteiger partial charge in [-0.05, 0) is 25.7 Å². The number of hydrogen-bond donors (Lipinski definition) is 0. The van der Waals surface area contributed by atoms with Gasteiger partial charge in [-0.3, -0.25) is 9.59 Å². The van der Waals surface area contributed by atoms with Crippen LogP contribution in [0.15, 0.2) is 5.38 Å². The Morgan fingerprint density at radius 3 is 2.70 bits per heavy atom. The van der Waals surface area contributed by atoms with E-state index in [0.717, 1.165) is 17.1 Å². The number of rotatable bonds is 7. The first-order valence-electron chi connectivity index (χ1n) is 8.22. The predicted molar refractivity (Wildman–Crippen MR) is 90.0 cm³/mol. The van der Waals surface area contributed by atoms with Crippen LogP contribution in [0.25, 0.3) is 0 Å². The summed E-state index contributed by atoms with van der Waals surface area (Å²) in [5, 5.41) is 3.08. The van der Waals surface area contributed by atoms with Gasteiger partial charge in [0.15, 0.2) is 0 Å². The lowest BCUT2D eigenvalue weighted by Crippen LogP contribution is -2.34. The molecule has 0 N–H and O–H groups in total. The van der Waals surface area contributed by atoms with Crippen molar-refractivity contribution >= 4 is 23.2 Å². The number of amides is 1. The topological polar surface area (TPSA) is 59.5 Å². The fraction of sp³-hybridized carbons (Fsp3) is 0.706. The number of esters is 1. The molecule has 1 aromatic heterocycles. The zero-order valence-corrected chi connectivity index (χ0v) is 15.4. The summed E-state index contributed by atoms with van der Waals surface area (Å²) in [5.41, 5.74) is 0.271. The third-order valence-corrected chi connectivity index (χ3v) is 5.71. The van der Waals surface area contributed by atoms with E-state index in [-0.39, 0.29) is 23.7 Å². The Hall–Kier alpha value is -1.43. The molecule has 0 saturated heterocycles. The van der Waals surface area contributed by atoms with Crippen molar-refractivity contribution in [1.82, 2.24) is 9.88 Å². The zero-order valence-electron chi connectivity index (χ0n) is 14.6. The summed E-state index contributed by atoms with van der Waals surface area (Å²) in [7, 11) is 1.78. The summed E-state index contributed by atoms with van der Waals surface area (Å²) < 4.78 is 5.21. The number of aryl methyl sites for hydroxylation is 1. The fourth-order valence-electron chi connectivity index (χ4n) is 3.12. The first kappa shape index (κ1) is 17.9. The number of hydrogen-bond acceptors (Lipinski definition) is 5. The number of thiazole rings is 1. The second kappa shape index (κ2) is 6.99. The van der Waals surface area contributed by atoms with Gasteiger partial charge in [0, 0.05) is 12.4 Å². The minimum Gasteiger partial charge on any atom is -0.466 e. The van der Waals surface area contributed by atoms with Crippen LogP contribution in [0.2, 0.25) is 0 Å². The molecule has 2 rings (SSSR count). The number of carbonyl (C=O) groups is 2. The normalized spacial score (nSPS) is 23.0. The number of aromatic nitrogens is 1. The van der Waals surface area contributed by atoms with Crippen LogP contribution in [-0.2, 0) is 27.3 Å². The highest BCUT2D eigenvalue weighted by Crippen LogP contribution is 2.59. The van der Waals surface area contributed by atoms with Gasteiger partial charge in [-0.2, -0.15) is 0 Å². The van der Waals surface area contributed by atoms with Gasteiger partial charge in [0.25, 0.3) is 0 Å². The van der Waals surface area contributed by atoms with Crippen molar-refractivity contribution in [3.05, 3.63) is 16.1 Å². The van der Waals surface area contributed by atoms with Crippen LogP contribution in [0.5, 0.6) is 0 Å². The Balaban J connectivity index is 2.03. The molecular weight excluding hydrogens is 312 g/mol. The standard InChI is InChI=1S/C17H26N2O3S/c1-6-14-18-12(10-23-14)9-19(5)15(20)13-8-17(13,11(3)4)16(21)22-7-2/h10-11,13H,6-9H2,1-5H3/t13-,17+/m1/s1. The smallest absolute Gasteiger partial charge is 0.313 e. The van der Waals surface area contributed by atoms with E-state index in [9.17, 15) is 9.59 Å². The molecule has 6 heteroatoms. The Kier molecular flexibility index (Phi) is 5.45. The Bertz CT molecular complexity index is 584. The van der Waals surface area contributed by atoms with Crippen molar-refractivity contribution in [3.8, 4) is 0 Å². The van der Waals surface area contributed by atoms with E-state index < -0.39 is 5.41 Å². The molecule has 0 bridgehead atoms. The molecule has 0 aromatic carbocycles. The van der Waals surface area contributed by atoms with Crippen LogP contribution >= 0.6 is 11.3 Å². The average molecular weight is 338 g/mol. The van der Waals surface area contributed by atoms with Crippen LogP contribution in [0.4, 0.5) is 0 Å². The molecule has 5 nitrogen and oxygen atoms in total. The van der Waals surface area contributed by atoms with E-state index in [2.05, 4.69) is 11.9 Å². The predicted octanol–water partition coefficient (Wildman–Crippen LogP) is 2.89. The van der Waals surface area contributed by atoms with E-state index >= 15 is 0 Å². The van der Waals surface area contributed by atoms with Crippen LogP contribution < -0.4 is 0 Å². The van der Waals surface area contributed by atoms with Crippen LogP contribution in [0.3, 0.4) is 0 Å². The van der Waals surface area contributed by atoms with Crippen LogP contribution in [0.1, 0.15) is 44.8 Å². The zero-order chi connectivity index (χ0) is 17.2. The molecule has 2 atom stereocenters. The Morgan fingerprint density at radius 1 is 1.48 bits per heavy atom. The van der Waals surface area contributed by atoms with Crippen molar-refractivity contribution in [3.63, 3.8) is 0 Å². The minimum atomic E-state index is -0.641. The molecule has 0 unspecified atom stereocenters. The summed E-state index contributed by atoms with van der Waals surface area (Å²) in [6, 6.07) is 0. The third kappa shape index (κ3) is 3.42. The van der Waals surface area contributed by atoms with Crippen molar-refractivity contribution < 1.29 is 14.3 Å². The lowest BCUT2D eigenvalue weighted by Gasteiger charge is -2.22. The molecule has 1 aliphatic rings. The first-order valence-corrected chi connectivity index (χ1v) is 9.10. The molecule has 128 valence electrons. The van der Waals surface area contributed by atoms with E-state index in [1.54, 1.807) is 30.2 Å². The van der Waals surface area contributed by atoms with Gasteiger partial charge in [0.2, 0.25) is 5.91 Å². The molecule has 1 heterocycles. The lowest BCUT2D eigenvalue weighted by molar-refractivity contribution is -0.154.